The summed E-state index contributed by atoms with van der Waals surface area (Å²) in [7, 11) is -3.75. The predicted molar refractivity (Wildman–Crippen MR) is 93.5 cm³/mol. The molecule has 1 aromatic carbocycles. The molecule has 2 aromatic rings. The van der Waals surface area contributed by atoms with Crippen LogP contribution in [0.1, 0.15) is 41.7 Å². The number of sulfonamides is 1. The fourth-order valence-electron chi connectivity index (χ4n) is 1.95. The van der Waals surface area contributed by atoms with Gasteiger partial charge in [-0.25, -0.2) is 27.9 Å². The molecular weight excluding hydrogens is 360 g/mol. The van der Waals surface area contributed by atoms with Crippen molar-refractivity contribution in [2.24, 2.45) is 0 Å². The van der Waals surface area contributed by atoms with Crippen molar-refractivity contribution in [2.45, 2.75) is 31.2 Å². The molecule has 0 atom stereocenters. The van der Waals surface area contributed by atoms with Crippen molar-refractivity contribution in [2.75, 3.05) is 5.32 Å². The van der Waals surface area contributed by atoms with Gasteiger partial charge in [-0.05, 0) is 39.0 Å². The fraction of sp³-hybridized carbons (Fsp3) is 0.250. The van der Waals surface area contributed by atoms with Crippen LogP contribution in [0.5, 0.6) is 0 Å². The van der Waals surface area contributed by atoms with Gasteiger partial charge in [-0.15, -0.1) is 0 Å². The largest absolute Gasteiger partial charge is 0.476 e. The monoisotopic (exact) mass is 378 g/mol. The van der Waals surface area contributed by atoms with E-state index in [1.54, 1.807) is 20.8 Å². The van der Waals surface area contributed by atoms with Crippen LogP contribution in [0.4, 0.5) is 5.69 Å². The minimum absolute atomic E-state index is 0.00228. The topological polar surface area (TPSA) is 138 Å². The number of aromatic carboxylic acids is 1. The van der Waals surface area contributed by atoms with E-state index in [-0.39, 0.29) is 22.0 Å². The third kappa shape index (κ3) is 5.07. The molecule has 0 spiro atoms. The Balaban J connectivity index is 2.20. The van der Waals surface area contributed by atoms with E-state index in [4.69, 9.17) is 5.11 Å². The second kappa shape index (κ2) is 7.18. The van der Waals surface area contributed by atoms with Crippen LogP contribution in [0.3, 0.4) is 0 Å². The predicted octanol–water partition coefficient (Wildman–Crippen LogP) is 1.50. The van der Waals surface area contributed by atoms with Gasteiger partial charge >= 0.3 is 5.97 Å². The zero-order valence-corrected chi connectivity index (χ0v) is 15.2. The van der Waals surface area contributed by atoms with Gasteiger partial charge in [0.05, 0.1) is 17.3 Å². The number of nitrogens with zero attached hydrogens (tertiary/aromatic N) is 2. The SMILES string of the molecule is CC(C)(C)NS(=O)(=O)c1cccc(NC(=O)c2cnc(C(=O)O)cn2)c1. The molecule has 1 heterocycles. The maximum absolute atomic E-state index is 12.4. The van der Waals surface area contributed by atoms with E-state index < -0.39 is 27.4 Å². The summed E-state index contributed by atoms with van der Waals surface area (Å²) in [6, 6.07) is 5.73. The zero-order valence-electron chi connectivity index (χ0n) is 14.3. The van der Waals surface area contributed by atoms with Crippen molar-refractivity contribution >= 4 is 27.6 Å². The van der Waals surface area contributed by atoms with Gasteiger partial charge in [0.1, 0.15) is 5.69 Å². The second-order valence-corrected chi connectivity index (χ2v) is 8.11. The number of carboxylic acid groups (broad SMARTS) is 1. The van der Waals surface area contributed by atoms with E-state index >= 15 is 0 Å². The molecule has 1 aromatic heterocycles. The average molecular weight is 378 g/mol. The van der Waals surface area contributed by atoms with E-state index in [1.165, 1.54) is 24.3 Å². The van der Waals surface area contributed by atoms with E-state index in [1.807, 2.05) is 0 Å². The van der Waals surface area contributed by atoms with Crippen LogP contribution >= 0.6 is 0 Å². The number of carbonyl (C=O) groups excluding carboxylic acids is 1. The van der Waals surface area contributed by atoms with Crippen LogP contribution in [0, 0.1) is 0 Å². The normalized spacial score (nSPS) is 11.8. The summed E-state index contributed by atoms with van der Waals surface area (Å²) in [6.07, 6.45) is 1.99. The van der Waals surface area contributed by atoms with E-state index in [0.717, 1.165) is 12.4 Å². The van der Waals surface area contributed by atoms with Crippen LogP contribution in [0.25, 0.3) is 0 Å². The van der Waals surface area contributed by atoms with Crippen LogP contribution in [0.2, 0.25) is 0 Å². The highest BCUT2D eigenvalue weighted by Crippen LogP contribution is 2.18. The summed E-state index contributed by atoms with van der Waals surface area (Å²) in [6.45, 7) is 5.15. The third-order valence-corrected chi connectivity index (χ3v) is 4.70. The number of anilines is 1. The summed E-state index contributed by atoms with van der Waals surface area (Å²) in [5.74, 6) is -1.90. The molecule has 0 fully saturated rings. The number of carbonyl (C=O) groups is 2. The van der Waals surface area contributed by atoms with Crippen molar-refractivity contribution in [1.29, 1.82) is 0 Å². The maximum atomic E-state index is 12.4. The highest BCUT2D eigenvalue weighted by molar-refractivity contribution is 7.89. The molecule has 0 aliphatic heterocycles. The molecule has 10 heteroatoms. The molecule has 0 saturated heterocycles. The Morgan fingerprint density at radius 3 is 2.23 bits per heavy atom. The standard InChI is InChI=1S/C16H18N4O5S/c1-16(2,3)20-26(24,25)11-6-4-5-10(7-11)19-14(21)12-8-18-13(9-17-12)15(22)23/h4-9,20H,1-3H3,(H,19,21)(H,22,23). The molecule has 26 heavy (non-hydrogen) atoms. The van der Waals surface area contributed by atoms with Gasteiger partial charge in [0.2, 0.25) is 10.0 Å². The Kier molecular flexibility index (Phi) is 5.38. The first-order valence-corrected chi connectivity index (χ1v) is 8.97. The lowest BCUT2D eigenvalue weighted by Crippen LogP contribution is -2.40. The Morgan fingerprint density at radius 1 is 1.08 bits per heavy atom. The van der Waals surface area contributed by atoms with Crippen molar-refractivity contribution in [3.63, 3.8) is 0 Å². The number of rotatable bonds is 5. The first-order chi connectivity index (χ1) is 12.0. The second-order valence-electron chi connectivity index (χ2n) is 6.43. The summed E-state index contributed by atoms with van der Waals surface area (Å²) >= 11 is 0. The lowest BCUT2D eigenvalue weighted by atomic mass is 10.1. The molecule has 0 unspecified atom stereocenters. The number of hydrogen-bond donors (Lipinski definition) is 3. The van der Waals surface area contributed by atoms with Crippen LogP contribution in [0.15, 0.2) is 41.6 Å². The fourth-order valence-corrected chi connectivity index (χ4v) is 3.42. The summed E-state index contributed by atoms with van der Waals surface area (Å²) in [4.78, 5) is 30.2. The number of hydrogen-bond acceptors (Lipinski definition) is 6. The van der Waals surface area contributed by atoms with Crippen LogP contribution in [-0.4, -0.2) is 40.9 Å². The first kappa shape index (κ1) is 19.5. The van der Waals surface area contributed by atoms with Gasteiger partial charge in [-0.3, -0.25) is 4.79 Å². The Labute approximate surface area is 150 Å². The molecule has 9 nitrogen and oxygen atoms in total. The third-order valence-electron chi connectivity index (χ3n) is 2.95. The van der Waals surface area contributed by atoms with Gasteiger partial charge in [-0.1, -0.05) is 6.07 Å². The molecule has 0 bridgehead atoms. The molecule has 0 saturated carbocycles. The highest BCUT2D eigenvalue weighted by atomic mass is 32.2. The van der Waals surface area contributed by atoms with Crippen LogP contribution in [-0.2, 0) is 10.0 Å². The summed E-state index contributed by atoms with van der Waals surface area (Å²) in [5.41, 5.74) is -0.797. The Hall–Kier alpha value is -2.85. The molecule has 1 amide bonds. The van der Waals surface area contributed by atoms with E-state index in [2.05, 4.69) is 20.0 Å². The molecule has 0 radical (unpaired) electrons. The molecule has 0 aliphatic carbocycles. The Bertz CT molecular complexity index is 934. The van der Waals surface area contributed by atoms with Gasteiger partial charge in [0.15, 0.2) is 5.69 Å². The van der Waals surface area contributed by atoms with E-state index in [0.29, 0.717) is 0 Å². The van der Waals surface area contributed by atoms with Crippen LogP contribution < -0.4 is 10.0 Å². The minimum atomic E-state index is -3.75. The van der Waals surface area contributed by atoms with Gasteiger partial charge < -0.3 is 10.4 Å². The van der Waals surface area contributed by atoms with Crippen molar-refractivity contribution in [3.8, 4) is 0 Å². The number of carboxylic acids is 1. The smallest absolute Gasteiger partial charge is 0.356 e. The summed E-state index contributed by atoms with van der Waals surface area (Å²) in [5, 5.41) is 11.3. The number of amides is 1. The van der Waals surface area contributed by atoms with Crippen molar-refractivity contribution in [3.05, 3.63) is 48.0 Å². The highest BCUT2D eigenvalue weighted by Gasteiger charge is 2.22. The molecular formula is C16H18N4O5S. The molecule has 3 N–H and O–H groups in total. The lowest BCUT2D eigenvalue weighted by molar-refractivity contribution is 0.0689. The quantitative estimate of drug-likeness (QED) is 0.716. The minimum Gasteiger partial charge on any atom is -0.476 e. The first-order valence-electron chi connectivity index (χ1n) is 7.49. The van der Waals surface area contributed by atoms with Gasteiger partial charge in [-0.2, -0.15) is 0 Å². The number of aromatic nitrogens is 2. The maximum Gasteiger partial charge on any atom is 0.356 e. The molecule has 2 rings (SSSR count). The van der Waals surface area contributed by atoms with Gasteiger partial charge in [0, 0.05) is 11.2 Å². The lowest BCUT2D eigenvalue weighted by Gasteiger charge is -2.20. The average Bonchev–Trinajstić information content (AvgIpc) is 2.53. The number of benzene rings is 1. The molecule has 138 valence electrons. The zero-order chi connectivity index (χ0) is 19.5. The number of nitrogens with one attached hydrogen (secondary N) is 2. The molecule has 0 aliphatic rings. The summed E-state index contributed by atoms with van der Waals surface area (Å²) < 4.78 is 27.2. The van der Waals surface area contributed by atoms with Gasteiger partial charge in [0.25, 0.3) is 5.91 Å². The van der Waals surface area contributed by atoms with E-state index in [9.17, 15) is 18.0 Å². The Morgan fingerprint density at radius 2 is 1.69 bits per heavy atom. The van der Waals surface area contributed by atoms with Crippen molar-refractivity contribution in [1.82, 2.24) is 14.7 Å². The van der Waals surface area contributed by atoms with Crippen molar-refractivity contribution < 1.29 is 23.1 Å².